The van der Waals surface area contributed by atoms with Crippen LogP contribution in [0.15, 0.2) is 16.6 Å². The molecule has 1 heterocycles. The van der Waals surface area contributed by atoms with Gasteiger partial charge in [-0.1, -0.05) is 0 Å². The Balaban J connectivity index is 0.00000264. The fraction of sp³-hybridized carbons (Fsp3) is 0.600. The molecule has 1 atom stereocenters. The second kappa shape index (κ2) is 9.61. The Kier molecular flexibility index (Phi) is 8.53. The summed E-state index contributed by atoms with van der Waals surface area (Å²) in [6.07, 6.45) is 0. The van der Waals surface area contributed by atoms with E-state index in [1.807, 2.05) is 13.0 Å². The van der Waals surface area contributed by atoms with Crippen molar-refractivity contribution in [3.8, 4) is 11.5 Å². The number of piperazine rings is 1. The first-order valence-electron chi connectivity index (χ1n) is 7.35. The number of rotatable bonds is 6. The number of ether oxygens (including phenoxy) is 2. The number of nitrogens with zero attached hydrogens (tertiary/aromatic N) is 1. The lowest BCUT2D eigenvalue weighted by atomic mass is 10.1. The minimum absolute atomic E-state index is 0. The number of nitrogens with one attached hydrogen (secondary N) is 1. The second-order valence-electron chi connectivity index (χ2n) is 5.31. The standard InChI is InChI=1S/C15H21BrF2N2O2.ClH/c1-3-21-13-7-11(6-12(16)14(13)22-15(17)18)9-20-5-4-19-10(2)8-20;/h6-7,10,15,19H,3-5,8-9H2,1-2H3;1H. The quantitative estimate of drug-likeness (QED) is 0.769. The highest BCUT2D eigenvalue weighted by molar-refractivity contribution is 9.10. The van der Waals surface area contributed by atoms with Crippen LogP contribution in [0, 0.1) is 0 Å². The summed E-state index contributed by atoms with van der Waals surface area (Å²) in [7, 11) is 0. The molecule has 1 aromatic rings. The molecule has 132 valence electrons. The molecule has 4 nitrogen and oxygen atoms in total. The highest BCUT2D eigenvalue weighted by Crippen LogP contribution is 2.38. The van der Waals surface area contributed by atoms with Gasteiger partial charge in [0.2, 0.25) is 0 Å². The average Bonchev–Trinajstić information content (AvgIpc) is 2.43. The van der Waals surface area contributed by atoms with E-state index in [9.17, 15) is 8.78 Å². The molecule has 1 aliphatic heterocycles. The third-order valence-electron chi connectivity index (χ3n) is 3.44. The van der Waals surface area contributed by atoms with Crippen LogP contribution in [0.25, 0.3) is 0 Å². The van der Waals surface area contributed by atoms with E-state index in [0.29, 0.717) is 22.9 Å². The molecule has 0 bridgehead atoms. The van der Waals surface area contributed by atoms with Crippen LogP contribution in [0.1, 0.15) is 19.4 Å². The summed E-state index contributed by atoms with van der Waals surface area (Å²) in [4.78, 5) is 2.33. The summed E-state index contributed by atoms with van der Waals surface area (Å²) in [5.41, 5.74) is 1.01. The van der Waals surface area contributed by atoms with E-state index in [1.165, 1.54) is 0 Å². The Labute approximate surface area is 150 Å². The van der Waals surface area contributed by atoms with Crippen molar-refractivity contribution in [2.75, 3.05) is 26.2 Å². The summed E-state index contributed by atoms with van der Waals surface area (Å²) in [5.74, 6) is 0.393. The number of halogens is 4. The normalized spacial score (nSPS) is 18.6. The summed E-state index contributed by atoms with van der Waals surface area (Å²) >= 11 is 3.30. The third-order valence-corrected chi connectivity index (χ3v) is 4.02. The van der Waals surface area contributed by atoms with E-state index in [-0.39, 0.29) is 18.2 Å². The fourth-order valence-corrected chi connectivity index (χ4v) is 3.18. The van der Waals surface area contributed by atoms with Crippen LogP contribution < -0.4 is 14.8 Å². The molecule has 1 unspecified atom stereocenters. The van der Waals surface area contributed by atoms with E-state index >= 15 is 0 Å². The van der Waals surface area contributed by atoms with Gasteiger partial charge in [0.1, 0.15) is 0 Å². The highest BCUT2D eigenvalue weighted by atomic mass is 79.9. The van der Waals surface area contributed by atoms with Crippen molar-refractivity contribution >= 4 is 28.3 Å². The Bertz CT molecular complexity index is 509. The molecular weight excluding hydrogens is 394 g/mol. The smallest absolute Gasteiger partial charge is 0.387 e. The predicted molar refractivity (Wildman–Crippen MR) is 91.9 cm³/mol. The zero-order chi connectivity index (χ0) is 16.1. The fourth-order valence-electron chi connectivity index (χ4n) is 2.59. The average molecular weight is 416 g/mol. The molecule has 0 amide bonds. The van der Waals surface area contributed by atoms with Gasteiger partial charge in [-0.25, -0.2) is 0 Å². The van der Waals surface area contributed by atoms with Crippen LogP contribution >= 0.6 is 28.3 Å². The third kappa shape index (κ3) is 6.06. The molecule has 2 rings (SSSR count). The summed E-state index contributed by atoms with van der Waals surface area (Å²) in [5, 5.41) is 3.39. The van der Waals surface area contributed by atoms with Gasteiger partial charge in [0.25, 0.3) is 0 Å². The Morgan fingerprint density at radius 1 is 1.43 bits per heavy atom. The maximum atomic E-state index is 12.5. The molecular formula is C15H22BrClF2N2O2. The zero-order valence-corrected chi connectivity index (χ0v) is 15.6. The van der Waals surface area contributed by atoms with Crippen LogP contribution in [0.4, 0.5) is 8.78 Å². The van der Waals surface area contributed by atoms with Crippen molar-refractivity contribution in [2.45, 2.75) is 33.0 Å². The van der Waals surface area contributed by atoms with Crippen LogP contribution in [0.5, 0.6) is 11.5 Å². The number of alkyl halides is 2. The van der Waals surface area contributed by atoms with E-state index in [0.717, 1.165) is 31.7 Å². The van der Waals surface area contributed by atoms with Gasteiger partial charge >= 0.3 is 6.61 Å². The lowest BCUT2D eigenvalue weighted by Crippen LogP contribution is -2.48. The van der Waals surface area contributed by atoms with E-state index in [2.05, 4.69) is 37.8 Å². The van der Waals surface area contributed by atoms with Crippen molar-refractivity contribution in [3.05, 3.63) is 22.2 Å². The molecule has 8 heteroatoms. The number of hydrogen-bond donors (Lipinski definition) is 1. The monoisotopic (exact) mass is 414 g/mol. The summed E-state index contributed by atoms with van der Waals surface area (Å²) in [6, 6.07) is 4.04. The first kappa shape index (κ1) is 20.4. The molecule has 1 N–H and O–H groups in total. The molecule has 1 aliphatic rings. The van der Waals surface area contributed by atoms with Gasteiger partial charge in [0.15, 0.2) is 11.5 Å². The minimum atomic E-state index is -2.88. The molecule has 0 radical (unpaired) electrons. The van der Waals surface area contributed by atoms with E-state index in [1.54, 1.807) is 6.07 Å². The van der Waals surface area contributed by atoms with Crippen LogP contribution in [-0.4, -0.2) is 43.8 Å². The predicted octanol–water partition coefficient (Wildman–Crippen LogP) is 3.66. The van der Waals surface area contributed by atoms with Gasteiger partial charge in [-0.2, -0.15) is 8.78 Å². The molecule has 1 aromatic carbocycles. The van der Waals surface area contributed by atoms with Crippen LogP contribution in [0.3, 0.4) is 0 Å². The molecule has 1 saturated heterocycles. The SMILES string of the molecule is CCOc1cc(CN2CCNC(C)C2)cc(Br)c1OC(F)F.Cl. The molecule has 0 saturated carbocycles. The van der Waals surface area contributed by atoms with Gasteiger partial charge in [0, 0.05) is 32.2 Å². The Hall–Kier alpha value is -0.630. The van der Waals surface area contributed by atoms with Crippen LogP contribution in [-0.2, 0) is 6.54 Å². The van der Waals surface area contributed by atoms with Gasteiger partial charge < -0.3 is 14.8 Å². The molecule has 23 heavy (non-hydrogen) atoms. The van der Waals surface area contributed by atoms with Crippen molar-refractivity contribution in [1.29, 1.82) is 0 Å². The maximum absolute atomic E-state index is 12.5. The lowest BCUT2D eigenvalue weighted by Gasteiger charge is -2.32. The largest absolute Gasteiger partial charge is 0.490 e. The first-order valence-corrected chi connectivity index (χ1v) is 8.14. The van der Waals surface area contributed by atoms with E-state index < -0.39 is 6.61 Å². The summed E-state index contributed by atoms with van der Waals surface area (Å²) < 4.78 is 35.5. The van der Waals surface area contributed by atoms with Crippen molar-refractivity contribution < 1.29 is 18.3 Å². The topological polar surface area (TPSA) is 33.7 Å². The Morgan fingerprint density at radius 2 is 2.17 bits per heavy atom. The Morgan fingerprint density at radius 3 is 2.78 bits per heavy atom. The number of hydrogen-bond acceptors (Lipinski definition) is 4. The molecule has 1 fully saturated rings. The van der Waals surface area contributed by atoms with Gasteiger partial charge in [-0.05, 0) is 47.5 Å². The zero-order valence-electron chi connectivity index (χ0n) is 13.2. The van der Waals surface area contributed by atoms with Gasteiger partial charge in [-0.3, -0.25) is 4.90 Å². The molecule has 0 aliphatic carbocycles. The minimum Gasteiger partial charge on any atom is -0.490 e. The van der Waals surface area contributed by atoms with Crippen molar-refractivity contribution in [1.82, 2.24) is 10.2 Å². The lowest BCUT2D eigenvalue weighted by molar-refractivity contribution is -0.0519. The first-order chi connectivity index (χ1) is 10.5. The summed E-state index contributed by atoms with van der Waals surface area (Å²) in [6.45, 7) is 5.08. The maximum Gasteiger partial charge on any atom is 0.387 e. The van der Waals surface area contributed by atoms with E-state index in [4.69, 9.17) is 4.74 Å². The molecule has 0 spiro atoms. The highest BCUT2D eigenvalue weighted by Gasteiger charge is 2.19. The number of benzene rings is 1. The van der Waals surface area contributed by atoms with Gasteiger partial charge in [-0.15, -0.1) is 12.4 Å². The van der Waals surface area contributed by atoms with Gasteiger partial charge in [0.05, 0.1) is 11.1 Å². The molecule has 0 aromatic heterocycles. The van der Waals surface area contributed by atoms with Crippen LogP contribution in [0.2, 0.25) is 0 Å². The second-order valence-corrected chi connectivity index (χ2v) is 6.16. The van der Waals surface area contributed by atoms with Crippen molar-refractivity contribution in [2.24, 2.45) is 0 Å². The van der Waals surface area contributed by atoms with Crippen molar-refractivity contribution in [3.63, 3.8) is 0 Å².